The van der Waals surface area contributed by atoms with Crippen molar-refractivity contribution in [3.8, 4) is 0 Å². The van der Waals surface area contributed by atoms with E-state index in [1.165, 1.54) is 14.2 Å². The van der Waals surface area contributed by atoms with Gasteiger partial charge in [0, 0.05) is 13.5 Å². The van der Waals surface area contributed by atoms with Gasteiger partial charge in [-0.25, -0.2) is 0 Å². The number of ether oxygens (including phenoxy) is 2. The van der Waals surface area contributed by atoms with Crippen LogP contribution in [0.15, 0.2) is 0 Å². The molecule has 0 aromatic carbocycles. The fraction of sp³-hybridized carbons (Fsp3) is 0.833. The van der Waals surface area contributed by atoms with Crippen molar-refractivity contribution in [2.45, 2.75) is 11.5 Å². The average Bonchev–Trinajstić information content (AvgIpc) is 2.62. The zero-order valence-corrected chi connectivity index (χ0v) is 6.64. The molecule has 0 N–H and O–H groups in total. The average molecular weight is 165 g/mol. The SMILES string of the molecule is COC(=O)[C@H]1C[C@]1(Cl)OC. The molecule has 0 unspecified atom stereocenters. The Bertz CT molecular complexity index is 159. The summed E-state index contributed by atoms with van der Waals surface area (Å²) in [5, 5.41) is -0.771. The Morgan fingerprint density at radius 2 is 2.30 bits per heavy atom. The second kappa shape index (κ2) is 2.40. The van der Waals surface area contributed by atoms with E-state index in [1.54, 1.807) is 0 Å². The van der Waals surface area contributed by atoms with E-state index in [-0.39, 0.29) is 11.9 Å². The van der Waals surface area contributed by atoms with E-state index in [9.17, 15) is 4.79 Å². The highest BCUT2D eigenvalue weighted by Gasteiger charge is 2.59. The zero-order valence-electron chi connectivity index (χ0n) is 5.89. The first kappa shape index (κ1) is 7.82. The van der Waals surface area contributed by atoms with Gasteiger partial charge in [0.25, 0.3) is 0 Å². The molecular formula is C6H9ClO3. The number of carbonyl (C=O) groups is 1. The molecule has 0 radical (unpaired) electrons. The van der Waals surface area contributed by atoms with Crippen LogP contribution in [-0.2, 0) is 14.3 Å². The third-order valence-corrected chi connectivity index (χ3v) is 2.24. The summed E-state index contributed by atoms with van der Waals surface area (Å²) in [7, 11) is 2.82. The van der Waals surface area contributed by atoms with E-state index in [2.05, 4.69) is 4.74 Å². The second-order valence-corrected chi connectivity index (χ2v) is 2.91. The number of alkyl halides is 1. The highest BCUT2D eigenvalue weighted by atomic mass is 35.5. The molecule has 1 saturated carbocycles. The molecular weight excluding hydrogens is 156 g/mol. The standard InChI is InChI=1S/C6H9ClO3/c1-9-5(8)4-3-6(4,7)10-2/h4H,3H2,1-2H3/t4-,6+/m1/s1. The van der Waals surface area contributed by atoms with Gasteiger partial charge in [0.05, 0.1) is 7.11 Å². The van der Waals surface area contributed by atoms with Gasteiger partial charge in [0.15, 0.2) is 5.06 Å². The molecule has 1 rings (SSSR count). The van der Waals surface area contributed by atoms with E-state index in [0.717, 1.165) is 0 Å². The predicted molar refractivity (Wildman–Crippen MR) is 35.7 cm³/mol. The lowest BCUT2D eigenvalue weighted by Crippen LogP contribution is -2.13. The van der Waals surface area contributed by atoms with E-state index >= 15 is 0 Å². The molecule has 58 valence electrons. The summed E-state index contributed by atoms with van der Waals surface area (Å²) in [6.45, 7) is 0. The van der Waals surface area contributed by atoms with Crippen LogP contribution in [0.2, 0.25) is 0 Å². The molecule has 0 bridgehead atoms. The Hall–Kier alpha value is -0.280. The van der Waals surface area contributed by atoms with Crippen LogP contribution in [0, 0.1) is 5.92 Å². The van der Waals surface area contributed by atoms with Gasteiger partial charge in [-0.3, -0.25) is 4.79 Å². The summed E-state index contributed by atoms with van der Waals surface area (Å²) in [5.74, 6) is -0.569. The Kier molecular flexibility index (Phi) is 1.88. The summed E-state index contributed by atoms with van der Waals surface area (Å²) in [5.41, 5.74) is 0. The van der Waals surface area contributed by atoms with Gasteiger partial charge in [-0.1, -0.05) is 11.6 Å². The maximum absolute atomic E-state index is 10.8. The van der Waals surface area contributed by atoms with Gasteiger partial charge < -0.3 is 9.47 Å². The van der Waals surface area contributed by atoms with Crippen molar-refractivity contribution in [2.75, 3.05) is 14.2 Å². The monoisotopic (exact) mass is 164 g/mol. The zero-order chi connectivity index (χ0) is 7.78. The number of halogens is 1. The summed E-state index contributed by atoms with van der Waals surface area (Å²) in [4.78, 5) is 10.8. The topological polar surface area (TPSA) is 35.5 Å². The van der Waals surface area contributed by atoms with Crippen LogP contribution in [0.3, 0.4) is 0 Å². The molecule has 0 aromatic heterocycles. The summed E-state index contributed by atoms with van der Waals surface area (Å²) < 4.78 is 9.32. The Morgan fingerprint density at radius 3 is 2.60 bits per heavy atom. The summed E-state index contributed by atoms with van der Waals surface area (Å²) in [6.07, 6.45) is 0.553. The van der Waals surface area contributed by atoms with Crippen molar-refractivity contribution < 1.29 is 14.3 Å². The molecule has 0 aliphatic heterocycles. The van der Waals surface area contributed by atoms with Crippen LogP contribution in [0.4, 0.5) is 0 Å². The largest absolute Gasteiger partial charge is 0.469 e. The Morgan fingerprint density at radius 1 is 1.70 bits per heavy atom. The number of rotatable bonds is 2. The maximum Gasteiger partial charge on any atom is 0.313 e. The number of esters is 1. The molecule has 3 nitrogen and oxygen atoms in total. The molecule has 1 fully saturated rings. The fourth-order valence-corrected chi connectivity index (χ4v) is 1.09. The number of hydrogen-bond donors (Lipinski definition) is 0. The Labute approximate surface area is 64.3 Å². The third kappa shape index (κ3) is 1.11. The molecule has 2 atom stereocenters. The molecule has 4 heteroatoms. The summed E-state index contributed by atoms with van der Waals surface area (Å²) in [6, 6.07) is 0. The first-order valence-corrected chi connectivity index (χ1v) is 3.33. The van der Waals surface area contributed by atoms with Crippen molar-refractivity contribution in [1.29, 1.82) is 0 Å². The van der Waals surface area contributed by atoms with Gasteiger partial charge in [-0.05, 0) is 0 Å². The van der Waals surface area contributed by atoms with Crippen molar-refractivity contribution in [3.63, 3.8) is 0 Å². The quantitative estimate of drug-likeness (QED) is 0.447. The van der Waals surface area contributed by atoms with Crippen LogP contribution in [0.5, 0.6) is 0 Å². The summed E-state index contributed by atoms with van der Waals surface area (Å²) >= 11 is 5.75. The molecule has 0 heterocycles. The number of carbonyl (C=O) groups excluding carboxylic acids is 1. The normalized spacial score (nSPS) is 37.3. The Balaban J connectivity index is 2.44. The van der Waals surface area contributed by atoms with Crippen LogP contribution >= 0.6 is 11.6 Å². The maximum atomic E-state index is 10.8. The van der Waals surface area contributed by atoms with E-state index in [1.807, 2.05) is 0 Å². The molecule has 0 amide bonds. The van der Waals surface area contributed by atoms with Gasteiger partial charge in [0.1, 0.15) is 5.92 Å². The van der Waals surface area contributed by atoms with Crippen molar-refractivity contribution in [1.82, 2.24) is 0 Å². The van der Waals surface area contributed by atoms with Gasteiger partial charge in [-0.2, -0.15) is 0 Å². The van der Waals surface area contributed by atoms with E-state index in [4.69, 9.17) is 16.3 Å². The van der Waals surface area contributed by atoms with Crippen LogP contribution in [-0.4, -0.2) is 25.2 Å². The second-order valence-electron chi connectivity index (χ2n) is 2.27. The lowest BCUT2D eigenvalue weighted by atomic mass is 10.4. The smallest absolute Gasteiger partial charge is 0.313 e. The first-order valence-electron chi connectivity index (χ1n) is 2.96. The fourth-order valence-electron chi connectivity index (χ4n) is 0.847. The van der Waals surface area contributed by atoms with Crippen LogP contribution in [0.25, 0.3) is 0 Å². The van der Waals surface area contributed by atoms with Crippen LogP contribution in [0.1, 0.15) is 6.42 Å². The molecule has 1 aliphatic carbocycles. The highest BCUT2D eigenvalue weighted by molar-refractivity contribution is 6.27. The minimum absolute atomic E-state index is 0.274. The van der Waals surface area contributed by atoms with Crippen molar-refractivity contribution >= 4 is 17.6 Å². The minimum Gasteiger partial charge on any atom is -0.469 e. The molecule has 0 spiro atoms. The van der Waals surface area contributed by atoms with Crippen molar-refractivity contribution in [3.05, 3.63) is 0 Å². The van der Waals surface area contributed by atoms with E-state index < -0.39 is 5.06 Å². The minimum atomic E-state index is -0.771. The van der Waals surface area contributed by atoms with Crippen LogP contribution < -0.4 is 0 Å². The van der Waals surface area contributed by atoms with E-state index in [0.29, 0.717) is 6.42 Å². The third-order valence-electron chi connectivity index (χ3n) is 1.67. The predicted octanol–water partition coefficient (Wildman–Crippen LogP) is 0.761. The van der Waals surface area contributed by atoms with Gasteiger partial charge in [-0.15, -0.1) is 0 Å². The number of methoxy groups -OCH3 is 2. The number of hydrogen-bond acceptors (Lipinski definition) is 3. The molecule has 0 saturated heterocycles. The molecule has 1 aliphatic rings. The van der Waals surface area contributed by atoms with Gasteiger partial charge in [0.2, 0.25) is 0 Å². The molecule has 0 aromatic rings. The lowest BCUT2D eigenvalue weighted by Gasteiger charge is -2.03. The first-order chi connectivity index (χ1) is 4.64. The highest BCUT2D eigenvalue weighted by Crippen LogP contribution is 2.50. The molecule has 10 heavy (non-hydrogen) atoms. The van der Waals surface area contributed by atoms with Crippen molar-refractivity contribution in [2.24, 2.45) is 5.92 Å². The lowest BCUT2D eigenvalue weighted by molar-refractivity contribution is -0.143. The van der Waals surface area contributed by atoms with Gasteiger partial charge >= 0.3 is 5.97 Å².